The molecule has 0 unspecified atom stereocenters. The van der Waals surface area contributed by atoms with Crippen LogP contribution < -0.4 is 11.1 Å². The highest BCUT2D eigenvalue weighted by Gasteiger charge is 2.31. The van der Waals surface area contributed by atoms with Crippen LogP contribution in [-0.2, 0) is 14.8 Å². The van der Waals surface area contributed by atoms with Gasteiger partial charge in [-0.05, 0) is 42.5 Å². The Bertz CT molecular complexity index is 1050. The van der Waals surface area contributed by atoms with Gasteiger partial charge in [-0.25, -0.2) is 17.8 Å². The lowest BCUT2D eigenvalue weighted by molar-refractivity contribution is -0.135. The van der Waals surface area contributed by atoms with Gasteiger partial charge in [0, 0.05) is 25.0 Å². The summed E-state index contributed by atoms with van der Waals surface area (Å²) in [7, 11) is -3.98. The predicted octanol–water partition coefficient (Wildman–Crippen LogP) is 1.19. The predicted molar refractivity (Wildman–Crippen MR) is 106 cm³/mol. The summed E-state index contributed by atoms with van der Waals surface area (Å²) in [6, 6.07) is 8.20. The van der Waals surface area contributed by atoms with Crippen molar-refractivity contribution in [3.05, 3.63) is 53.6 Å². The van der Waals surface area contributed by atoms with Crippen molar-refractivity contribution in [2.24, 2.45) is 0 Å². The van der Waals surface area contributed by atoms with Crippen molar-refractivity contribution in [1.82, 2.24) is 14.6 Å². The summed E-state index contributed by atoms with van der Waals surface area (Å²) in [5.41, 5.74) is 6.78. The van der Waals surface area contributed by atoms with Crippen LogP contribution in [0.4, 0.5) is 10.1 Å². The first-order valence-electron chi connectivity index (χ1n) is 9.19. The van der Waals surface area contributed by atoms with E-state index in [0.717, 1.165) is 17.8 Å². The van der Waals surface area contributed by atoms with Crippen molar-refractivity contribution in [1.29, 1.82) is 0 Å². The quantitative estimate of drug-likeness (QED) is 0.577. The number of hydrogen-bond acceptors (Lipinski definition) is 6. The molecule has 0 spiro atoms. The van der Waals surface area contributed by atoms with E-state index in [0.29, 0.717) is 18.5 Å². The molecule has 0 atom stereocenters. The number of sulfonamides is 1. The van der Waals surface area contributed by atoms with Crippen molar-refractivity contribution in [2.75, 3.05) is 25.4 Å². The third kappa shape index (κ3) is 4.74. The van der Waals surface area contributed by atoms with Crippen molar-refractivity contribution in [2.45, 2.75) is 23.7 Å². The Morgan fingerprint density at radius 1 is 1.23 bits per heavy atom. The van der Waals surface area contributed by atoms with E-state index in [2.05, 4.69) is 4.98 Å². The van der Waals surface area contributed by atoms with Crippen LogP contribution in [0.5, 0.6) is 0 Å². The summed E-state index contributed by atoms with van der Waals surface area (Å²) in [6.45, 7) is -0.178. The highest BCUT2D eigenvalue weighted by Crippen LogP contribution is 2.31. The van der Waals surface area contributed by atoms with Crippen LogP contribution >= 0.6 is 0 Å². The molecule has 1 fully saturated rings. The Labute approximate surface area is 172 Å². The van der Waals surface area contributed by atoms with Crippen LogP contribution in [0.15, 0.2) is 41.4 Å². The minimum absolute atomic E-state index is 0.201. The molecule has 0 bridgehead atoms. The zero-order valence-corrected chi connectivity index (χ0v) is 16.7. The molecule has 1 aromatic carbocycles. The van der Waals surface area contributed by atoms with Crippen LogP contribution in [-0.4, -0.2) is 54.3 Å². The van der Waals surface area contributed by atoms with Crippen LogP contribution in [0.2, 0.25) is 0 Å². The largest absolute Gasteiger partial charge is 0.480 e. The highest BCUT2D eigenvalue weighted by molar-refractivity contribution is 7.89. The first-order chi connectivity index (χ1) is 14.2. The smallest absolute Gasteiger partial charge is 0.322 e. The van der Waals surface area contributed by atoms with Crippen LogP contribution in [0.3, 0.4) is 0 Å². The van der Waals surface area contributed by atoms with Gasteiger partial charge in [0.25, 0.3) is 5.91 Å². The lowest BCUT2D eigenvalue weighted by atomic mass is 9.90. The fraction of sp³-hybridized carbons (Fsp3) is 0.316. The minimum atomic E-state index is -3.98. The monoisotopic (exact) mass is 436 g/mol. The number of anilines is 1. The van der Waals surface area contributed by atoms with Crippen molar-refractivity contribution in [3.8, 4) is 0 Å². The fourth-order valence-electron chi connectivity index (χ4n) is 3.31. The number of aliphatic carboxylic acids is 1. The number of amides is 1. The second kappa shape index (κ2) is 8.76. The van der Waals surface area contributed by atoms with Gasteiger partial charge < -0.3 is 16.2 Å². The number of carboxylic acids is 1. The molecule has 2 heterocycles. The van der Waals surface area contributed by atoms with Gasteiger partial charge in [-0.15, -0.1) is 0 Å². The molecule has 0 saturated carbocycles. The van der Waals surface area contributed by atoms with E-state index in [1.54, 1.807) is 12.1 Å². The Balaban J connectivity index is 1.70. The standard InChI is InChI=1S/C19H21FN4O5S/c20-16-9-15(10-22-18(16)19(27)23-11-17(25)26)30(28,29)24-7-5-13(6-8-24)12-1-3-14(21)4-2-12/h1-4,9-10,13H,5-8,11,21H2,(H,23,27)(H,25,26). The molecule has 1 aliphatic rings. The number of pyridine rings is 1. The molecule has 11 heteroatoms. The topological polar surface area (TPSA) is 143 Å². The summed E-state index contributed by atoms with van der Waals surface area (Å²) in [5.74, 6) is -3.28. The molecule has 0 aliphatic carbocycles. The fourth-order valence-corrected chi connectivity index (χ4v) is 4.74. The normalized spacial score (nSPS) is 15.6. The molecule has 3 rings (SSSR count). The Morgan fingerprint density at radius 3 is 2.43 bits per heavy atom. The molecule has 1 aliphatic heterocycles. The number of rotatable bonds is 6. The van der Waals surface area contributed by atoms with E-state index in [-0.39, 0.29) is 23.9 Å². The molecule has 1 aromatic heterocycles. The SMILES string of the molecule is Nc1ccc(C2CCN(S(=O)(=O)c3cnc(C(=O)NCC(=O)O)c(F)c3)CC2)cc1. The van der Waals surface area contributed by atoms with Gasteiger partial charge in [0.15, 0.2) is 11.5 Å². The number of hydrogen-bond donors (Lipinski definition) is 3. The first-order valence-corrected chi connectivity index (χ1v) is 10.6. The van der Waals surface area contributed by atoms with E-state index < -0.39 is 40.0 Å². The molecule has 30 heavy (non-hydrogen) atoms. The van der Waals surface area contributed by atoms with Crippen molar-refractivity contribution < 1.29 is 27.5 Å². The number of nitrogens with two attached hydrogens (primary N) is 1. The lowest BCUT2D eigenvalue weighted by Crippen LogP contribution is -2.38. The van der Waals surface area contributed by atoms with Gasteiger partial charge in [0.05, 0.1) is 0 Å². The number of nitrogen functional groups attached to an aromatic ring is 1. The number of nitrogens with one attached hydrogen (secondary N) is 1. The lowest BCUT2D eigenvalue weighted by Gasteiger charge is -2.31. The molecule has 2 aromatic rings. The molecule has 9 nitrogen and oxygen atoms in total. The molecule has 1 amide bonds. The summed E-state index contributed by atoms with van der Waals surface area (Å²) >= 11 is 0. The second-order valence-corrected chi connectivity index (χ2v) is 8.86. The molecule has 0 radical (unpaired) electrons. The molecular weight excluding hydrogens is 415 g/mol. The summed E-state index contributed by atoms with van der Waals surface area (Å²) in [5, 5.41) is 10.5. The van der Waals surface area contributed by atoms with E-state index in [1.807, 2.05) is 17.4 Å². The maximum Gasteiger partial charge on any atom is 0.322 e. The number of aromatic nitrogens is 1. The third-order valence-electron chi connectivity index (χ3n) is 4.93. The van der Waals surface area contributed by atoms with E-state index >= 15 is 0 Å². The van der Waals surface area contributed by atoms with Gasteiger partial charge in [-0.2, -0.15) is 4.31 Å². The molecule has 160 valence electrons. The van der Waals surface area contributed by atoms with Gasteiger partial charge >= 0.3 is 5.97 Å². The van der Waals surface area contributed by atoms with E-state index in [1.165, 1.54) is 4.31 Å². The van der Waals surface area contributed by atoms with Crippen molar-refractivity contribution >= 4 is 27.6 Å². The maximum atomic E-state index is 14.3. The van der Waals surface area contributed by atoms with E-state index in [4.69, 9.17) is 10.8 Å². The summed E-state index contributed by atoms with van der Waals surface area (Å²) in [6.07, 6.45) is 2.11. The van der Waals surface area contributed by atoms with E-state index in [9.17, 15) is 22.4 Å². The van der Waals surface area contributed by atoms with Gasteiger partial charge in [0.2, 0.25) is 10.0 Å². The Hall–Kier alpha value is -3.05. The number of carbonyl (C=O) groups excluding carboxylic acids is 1. The van der Waals surface area contributed by atoms with Crippen LogP contribution in [0.25, 0.3) is 0 Å². The third-order valence-corrected chi connectivity index (χ3v) is 6.79. The Morgan fingerprint density at radius 2 is 1.87 bits per heavy atom. The van der Waals surface area contributed by atoms with Gasteiger partial charge in [-0.1, -0.05) is 12.1 Å². The van der Waals surface area contributed by atoms with Crippen LogP contribution in [0.1, 0.15) is 34.8 Å². The number of carbonyl (C=O) groups is 2. The zero-order valence-electron chi connectivity index (χ0n) is 15.9. The number of benzene rings is 1. The second-order valence-electron chi connectivity index (χ2n) is 6.92. The van der Waals surface area contributed by atoms with Crippen LogP contribution in [0, 0.1) is 5.82 Å². The van der Waals surface area contributed by atoms with Crippen molar-refractivity contribution in [3.63, 3.8) is 0 Å². The molecule has 4 N–H and O–H groups in total. The molecular formula is C19H21FN4O5S. The highest BCUT2D eigenvalue weighted by atomic mass is 32.2. The number of halogens is 1. The summed E-state index contributed by atoms with van der Waals surface area (Å²) in [4.78, 5) is 25.5. The number of piperidine rings is 1. The Kier molecular flexibility index (Phi) is 6.32. The average molecular weight is 436 g/mol. The zero-order chi connectivity index (χ0) is 21.9. The number of nitrogens with zero attached hydrogens (tertiary/aromatic N) is 2. The maximum absolute atomic E-state index is 14.3. The average Bonchev–Trinajstić information content (AvgIpc) is 2.72. The van der Waals surface area contributed by atoms with Gasteiger partial charge in [0.1, 0.15) is 11.4 Å². The van der Waals surface area contributed by atoms with Gasteiger partial charge in [-0.3, -0.25) is 9.59 Å². The molecule has 1 saturated heterocycles. The summed E-state index contributed by atoms with van der Waals surface area (Å²) < 4.78 is 41.2. The first kappa shape index (κ1) is 21.7. The minimum Gasteiger partial charge on any atom is -0.480 e. The number of carboxylic acid groups (broad SMARTS) is 1.